The van der Waals surface area contributed by atoms with E-state index in [1.165, 1.54) is 18.3 Å². The highest BCUT2D eigenvalue weighted by Gasteiger charge is 2.06. The number of pyridine rings is 1. The van der Waals surface area contributed by atoms with Gasteiger partial charge in [0.1, 0.15) is 11.6 Å². The summed E-state index contributed by atoms with van der Waals surface area (Å²) in [4.78, 5) is 25.3. The van der Waals surface area contributed by atoms with E-state index >= 15 is 0 Å². The number of benzene rings is 1. The Bertz CT molecular complexity index is 870. The summed E-state index contributed by atoms with van der Waals surface area (Å²) >= 11 is 0. The zero-order chi connectivity index (χ0) is 17.6. The normalized spacial score (nSPS) is 11.3. The summed E-state index contributed by atoms with van der Waals surface area (Å²) in [6, 6.07) is 9.22. The van der Waals surface area contributed by atoms with Gasteiger partial charge in [-0.2, -0.15) is 0 Å². The molecule has 2 heterocycles. The van der Waals surface area contributed by atoms with Crippen LogP contribution in [0.5, 0.6) is 0 Å². The lowest BCUT2D eigenvalue weighted by atomic mass is 10.2. The largest absolute Gasteiger partial charge is 0.342 e. The number of halogens is 1. The van der Waals surface area contributed by atoms with Crippen LogP contribution in [0.15, 0.2) is 48.8 Å². The minimum atomic E-state index is -0.422. The fourth-order valence-electron chi connectivity index (χ4n) is 2.53. The van der Waals surface area contributed by atoms with Gasteiger partial charge in [-0.3, -0.25) is 9.78 Å². The number of rotatable bonds is 6. The first-order valence-corrected chi connectivity index (χ1v) is 8.09. The van der Waals surface area contributed by atoms with Crippen molar-refractivity contribution in [1.82, 2.24) is 19.9 Å². The van der Waals surface area contributed by atoms with Crippen molar-refractivity contribution in [3.05, 3.63) is 66.0 Å². The van der Waals surface area contributed by atoms with Gasteiger partial charge in [0.25, 0.3) is 0 Å². The van der Waals surface area contributed by atoms with Gasteiger partial charge >= 0.3 is 0 Å². The van der Waals surface area contributed by atoms with Crippen molar-refractivity contribution in [2.75, 3.05) is 13.6 Å². The molecule has 3 aromatic rings. The molecule has 0 aliphatic rings. The van der Waals surface area contributed by atoms with Gasteiger partial charge in [0, 0.05) is 32.3 Å². The summed E-state index contributed by atoms with van der Waals surface area (Å²) in [5, 5.41) is 0. The van der Waals surface area contributed by atoms with Gasteiger partial charge in [0.2, 0.25) is 5.91 Å². The second kappa shape index (κ2) is 7.70. The van der Waals surface area contributed by atoms with E-state index in [2.05, 4.69) is 15.0 Å². The number of aromatic nitrogens is 3. The maximum atomic E-state index is 13.1. The van der Waals surface area contributed by atoms with E-state index in [-0.39, 0.29) is 5.91 Å². The lowest BCUT2D eigenvalue weighted by Crippen LogP contribution is -2.26. The number of hydrogen-bond donors (Lipinski definition) is 1. The molecular weight excluding hydrogens is 319 g/mol. The number of nitrogens with one attached hydrogen (secondary N) is 1. The molecule has 0 unspecified atom stereocenters. The summed E-state index contributed by atoms with van der Waals surface area (Å²) in [5.41, 5.74) is 2.53. The second-order valence-corrected chi connectivity index (χ2v) is 5.83. The van der Waals surface area contributed by atoms with Gasteiger partial charge in [-0.15, -0.1) is 0 Å². The summed E-state index contributed by atoms with van der Waals surface area (Å²) in [6.07, 6.45) is 7.20. The van der Waals surface area contributed by atoms with Crippen molar-refractivity contribution in [1.29, 1.82) is 0 Å². The topological polar surface area (TPSA) is 61.9 Å². The van der Waals surface area contributed by atoms with Gasteiger partial charge in [-0.05, 0) is 36.3 Å². The molecule has 0 aliphatic carbocycles. The number of likely N-dealkylation sites (N-methyl/N-ethyl adjacent to an activating group) is 1. The lowest BCUT2D eigenvalue weighted by molar-refractivity contribution is -0.124. The summed E-state index contributed by atoms with van der Waals surface area (Å²) in [6.45, 7) is 0.613. The molecule has 0 saturated heterocycles. The summed E-state index contributed by atoms with van der Waals surface area (Å²) in [7, 11) is 1.75. The Morgan fingerprint density at radius 3 is 2.96 bits per heavy atom. The highest BCUT2D eigenvalue weighted by Crippen LogP contribution is 2.11. The van der Waals surface area contributed by atoms with Crippen molar-refractivity contribution in [2.24, 2.45) is 0 Å². The molecule has 0 spiro atoms. The fourth-order valence-corrected chi connectivity index (χ4v) is 2.53. The van der Waals surface area contributed by atoms with Gasteiger partial charge in [-0.1, -0.05) is 12.1 Å². The van der Waals surface area contributed by atoms with Crippen LogP contribution in [0.3, 0.4) is 0 Å². The Hall–Kier alpha value is -3.02. The van der Waals surface area contributed by atoms with Crippen LogP contribution in [0, 0.1) is 5.82 Å². The average molecular weight is 338 g/mol. The first kappa shape index (κ1) is 16.8. The highest BCUT2D eigenvalue weighted by atomic mass is 19.1. The molecule has 1 aromatic carbocycles. The van der Waals surface area contributed by atoms with Crippen LogP contribution in [-0.4, -0.2) is 39.4 Å². The third-order valence-electron chi connectivity index (χ3n) is 3.87. The minimum absolute atomic E-state index is 0.131. The van der Waals surface area contributed by atoms with Gasteiger partial charge in [-0.25, -0.2) is 9.37 Å². The van der Waals surface area contributed by atoms with Crippen LogP contribution in [0.1, 0.15) is 17.8 Å². The maximum absolute atomic E-state index is 13.1. The monoisotopic (exact) mass is 338 g/mol. The summed E-state index contributed by atoms with van der Waals surface area (Å²) < 4.78 is 13.1. The van der Waals surface area contributed by atoms with Crippen LogP contribution in [-0.2, 0) is 11.2 Å². The minimum Gasteiger partial charge on any atom is -0.342 e. The van der Waals surface area contributed by atoms with Crippen LogP contribution < -0.4 is 0 Å². The standard InChI is InChI=1S/C19H19FN4O/c1-24(19(25)9-8-14-11-15(20)13-21-12-14)10-4-7-18-22-16-5-2-3-6-17(16)23-18/h2-3,5-6,8-9,11-13H,4,7,10H2,1H3,(H,22,23)/b9-8+. The zero-order valence-corrected chi connectivity index (χ0v) is 13.9. The van der Waals surface area contributed by atoms with Crippen molar-refractivity contribution in [2.45, 2.75) is 12.8 Å². The number of carbonyl (C=O) groups is 1. The number of aromatic amines is 1. The molecule has 2 aromatic heterocycles. The number of fused-ring (bicyclic) bond motifs is 1. The molecule has 1 N–H and O–H groups in total. The van der Waals surface area contributed by atoms with E-state index in [1.54, 1.807) is 18.0 Å². The molecule has 6 heteroatoms. The van der Waals surface area contributed by atoms with Crippen LogP contribution in [0.2, 0.25) is 0 Å². The number of carbonyl (C=O) groups excluding carboxylic acids is 1. The predicted molar refractivity (Wildman–Crippen MR) is 95.3 cm³/mol. The average Bonchev–Trinajstić information content (AvgIpc) is 3.02. The number of imidazole rings is 1. The van der Waals surface area contributed by atoms with Crippen molar-refractivity contribution in [3.63, 3.8) is 0 Å². The van der Waals surface area contributed by atoms with E-state index < -0.39 is 5.82 Å². The zero-order valence-electron chi connectivity index (χ0n) is 13.9. The molecule has 0 radical (unpaired) electrons. The second-order valence-electron chi connectivity index (χ2n) is 5.83. The number of aryl methyl sites for hydroxylation is 1. The van der Waals surface area contributed by atoms with E-state index in [4.69, 9.17) is 0 Å². The smallest absolute Gasteiger partial charge is 0.246 e. The van der Waals surface area contributed by atoms with Gasteiger partial charge < -0.3 is 9.88 Å². The molecule has 0 aliphatic heterocycles. The van der Waals surface area contributed by atoms with E-state index in [0.717, 1.165) is 35.9 Å². The first-order valence-electron chi connectivity index (χ1n) is 8.09. The van der Waals surface area contributed by atoms with Crippen LogP contribution in [0.25, 0.3) is 17.1 Å². The van der Waals surface area contributed by atoms with Crippen LogP contribution >= 0.6 is 0 Å². The molecule has 0 bridgehead atoms. The Morgan fingerprint density at radius 1 is 1.32 bits per heavy atom. The lowest BCUT2D eigenvalue weighted by Gasteiger charge is -2.14. The molecule has 128 valence electrons. The molecule has 3 rings (SSSR count). The fraction of sp³-hybridized carbons (Fsp3) is 0.211. The quantitative estimate of drug-likeness (QED) is 0.702. The third-order valence-corrected chi connectivity index (χ3v) is 3.87. The molecule has 0 fully saturated rings. The number of para-hydroxylation sites is 2. The SMILES string of the molecule is CN(CCCc1nc2ccccc2[nH]1)C(=O)/C=C/c1cncc(F)c1. The number of amides is 1. The van der Waals surface area contributed by atoms with E-state index in [1.807, 2.05) is 24.3 Å². The Balaban J connectivity index is 1.49. The van der Waals surface area contributed by atoms with Crippen LogP contribution in [0.4, 0.5) is 4.39 Å². The van der Waals surface area contributed by atoms with E-state index in [0.29, 0.717) is 12.1 Å². The maximum Gasteiger partial charge on any atom is 0.246 e. The van der Waals surface area contributed by atoms with Crippen molar-refractivity contribution < 1.29 is 9.18 Å². The van der Waals surface area contributed by atoms with E-state index in [9.17, 15) is 9.18 Å². The van der Waals surface area contributed by atoms with Crippen molar-refractivity contribution >= 4 is 23.0 Å². The number of nitrogens with zero attached hydrogens (tertiary/aromatic N) is 3. The summed E-state index contributed by atoms with van der Waals surface area (Å²) in [5.74, 6) is 0.367. The first-order chi connectivity index (χ1) is 12.1. The Kier molecular flexibility index (Phi) is 5.18. The number of H-pyrrole nitrogens is 1. The molecule has 0 atom stereocenters. The molecule has 25 heavy (non-hydrogen) atoms. The Labute approximate surface area is 145 Å². The third kappa shape index (κ3) is 4.50. The Morgan fingerprint density at radius 2 is 2.16 bits per heavy atom. The number of hydrogen-bond acceptors (Lipinski definition) is 3. The highest BCUT2D eigenvalue weighted by molar-refractivity contribution is 5.91. The van der Waals surface area contributed by atoms with Gasteiger partial charge in [0.05, 0.1) is 17.2 Å². The molecule has 1 amide bonds. The predicted octanol–water partition coefficient (Wildman–Crippen LogP) is 3.20. The van der Waals surface area contributed by atoms with Crippen molar-refractivity contribution in [3.8, 4) is 0 Å². The van der Waals surface area contributed by atoms with Gasteiger partial charge in [0.15, 0.2) is 0 Å². The molecule has 0 saturated carbocycles. The molecular formula is C19H19FN4O. The molecule has 5 nitrogen and oxygen atoms in total.